The number of sulfonamides is 2. The van der Waals surface area contributed by atoms with Crippen LogP contribution in [0.1, 0.15) is 32.1 Å². The molecule has 6 nitrogen and oxygen atoms in total. The van der Waals surface area contributed by atoms with Crippen LogP contribution < -0.4 is 4.74 Å². The largest absolute Gasteiger partial charge is 0.513 e. The molecule has 0 N–H and O–H groups in total. The zero-order chi connectivity index (χ0) is 23.9. The number of rotatable bonds is 6. The Hall–Kier alpha value is -1.19. The molecule has 1 fully saturated rings. The monoisotopic (exact) mass is 517 g/mol. The van der Waals surface area contributed by atoms with Crippen LogP contribution in [0.3, 0.4) is 0 Å². The van der Waals surface area contributed by atoms with Crippen LogP contribution in [0.25, 0.3) is 0 Å². The van der Waals surface area contributed by atoms with Crippen molar-refractivity contribution in [2.24, 2.45) is 0 Å². The third-order valence-electron chi connectivity index (χ3n) is 4.58. The number of alkyl halides is 6. The normalized spacial score (nSPS) is 18.2. The van der Waals surface area contributed by atoms with Gasteiger partial charge in [-0.1, -0.05) is 18.6 Å². The van der Waals surface area contributed by atoms with E-state index in [2.05, 4.69) is 0 Å². The lowest BCUT2D eigenvalue weighted by atomic mass is 9.98. The van der Waals surface area contributed by atoms with Gasteiger partial charge in [-0.2, -0.15) is 26.3 Å². The Bertz CT molecular complexity index is 955. The molecule has 0 heterocycles. The van der Waals surface area contributed by atoms with Crippen molar-refractivity contribution < 1.29 is 47.9 Å². The summed E-state index contributed by atoms with van der Waals surface area (Å²) in [7, 11) is -17.8. The van der Waals surface area contributed by atoms with Crippen molar-refractivity contribution in [3.8, 4) is 5.75 Å². The molecular formula is C16H21F6NO5S3. The molecule has 1 saturated carbocycles. The van der Waals surface area contributed by atoms with Gasteiger partial charge >= 0.3 is 31.1 Å². The van der Waals surface area contributed by atoms with E-state index < -0.39 is 44.4 Å². The maximum absolute atomic E-state index is 13.2. The van der Waals surface area contributed by atoms with E-state index in [4.69, 9.17) is 4.74 Å². The molecule has 0 amide bonds. The van der Waals surface area contributed by atoms with Gasteiger partial charge in [0.25, 0.3) is 0 Å². The smallest absolute Gasteiger partial charge is 0.489 e. The second-order valence-corrected chi connectivity index (χ2v) is 14.8. The first-order valence-electron chi connectivity index (χ1n) is 8.86. The lowest BCUT2D eigenvalue weighted by molar-refractivity contribution is -0.0505. The Labute approximate surface area is 178 Å². The molecule has 0 atom stereocenters. The highest BCUT2D eigenvalue weighted by atomic mass is 32.4. The highest BCUT2D eigenvalue weighted by molar-refractivity contribution is 8.40. The second-order valence-electron chi connectivity index (χ2n) is 7.16. The number of para-hydroxylation sites is 1. The standard InChI is InChI=1S/C16H21F6NO5S3/c1-29(2,14-11-7-6-10-13(14)28-12-8-4-3-5-9-12)23(30(24,25)15(17,18)19)31(26,27)16(20,21)22/h6-7,10-12H,3-5,8-9H2,1-2H3. The molecule has 31 heavy (non-hydrogen) atoms. The Morgan fingerprint density at radius 1 is 0.839 bits per heavy atom. The summed E-state index contributed by atoms with van der Waals surface area (Å²) < 4.78 is 132. The fraction of sp³-hybridized carbons (Fsp3) is 0.625. The number of halogens is 6. The minimum Gasteiger partial charge on any atom is -0.489 e. The molecule has 0 radical (unpaired) electrons. The highest BCUT2D eigenvalue weighted by Gasteiger charge is 2.65. The van der Waals surface area contributed by atoms with E-state index in [9.17, 15) is 43.2 Å². The summed E-state index contributed by atoms with van der Waals surface area (Å²) in [5, 5.41) is 0. The van der Waals surface area contributed by atoms with Crippen molar-refractivity contribution in [1.29, 1.82) is 0 Å². The minimum atomic E-state index is -6.93. The van der Waals surface area contributed by atoms with Crippen LogP contribution in [0.2, 0.25) is 0 Å². The van der Waals surface area contributed by atoms with Crippen LogP contribution in [0.5, 0.6) is 5.75 Å². The minimum absolute atomic E-state index is 0.158. The van der Waals surface area contributed by atoms with Crippen molar-refractivity contribution in [2.45, 2.75) is 54.1 Å². The molecule has 1 aromatic carbocycles. The summed E-state index contributed by atoms with van der Waals surface area (Å²) in [4.78, 5) is -0.374. The van der Waals surface area contributed by atoms with Gasteiger partial charge in [0.2, 0.25) is 0 Å². The molecular weight excluding hydrogens is 496 g/mol. The molecule has 0 spiro atoms. The fourth-order valence-corrected chi connectivity index (χ4v) is 11.2. The van der Waals surface area contributed by atoms with Crippen molar-refractivity contribution >= 4 is 30.3 Å². The summed E-state index contributed by atoms with van der Waals surface area (Å²) in [6.07, 6.45) is 4.81. The molecule has 0 bridgehead atoms. The third kappa shape index (κ3) is 5.09. The average Bonchev–Trinajstić information content (AvgIpc) is 2.60. The van der Waals surface area contributed by atoms with E-state index in [0.29, 0.717) is 12.8 Å². The number of nitrogens with zero attached hydrogens (tertiary/aromatic N) is 1. The van der Waals surface area contributed by atoms with Gasteiger partial charge in [0.05, 0.1) is 6.10 Å². The van der Waals surface area contributed by atoms with Crippen LogP contribution in [-0.4, -0.2) is 49.6 Å². The molecule has 0 aromatic heterocycles. The summed E-state index contributed by atoms with van der Waals surface area (Å²) in [5.74, 6) is -0.158. The Kier molecular flexibility index (Phi) is 7.26. The Morgan fingerprint density at radius 2 is 1.29 bits per heavy atom. The van der Waals surface area contributed by atoms with Gasteiger partial charge in [0, 0.05) is 4.90 Å². The topological polar surface area (TPSA) is 80.8 Å². The molecule has 1 aliphatic carbocycles. The van der Waals surface area contributed by atoms with Gasteiger partial charge in [-0.05, 0) is 53.4 Å². The molecule has 0 unspecified atom stereocenters. The predicted molar refractivity (Wildman–Crippen MR) is 103 cm³/mol. The first-order chi connectivity index (χ1) is 13.9. The van der Waals surface area contributed by atoms with Crippen LogP contribution in [0, 0.1) is 0 Å². The van der Waals surface area contributed by atoms with E-state index in [0.717, 1.165) is 37.8 Å². The highest BCUT2D eigenvalue weighted by Crippen LogP contribution is 2.61. The summed E-state index contributed by atoms with van der Waals surface area (Å²) in [5.41, 5.74) is -12.6. The molecule has 0 saturated heterocycles. The number of hydrogen-bond acceptors (Lipinski definition) is 5. The maximum atomic E-state index is 13.2. The van der Waals surface area contributed by atoms with Gasteiger partial charge in [-0.25, -0.2) is 16.8 Å². The first-order valence-corrected chi connectivity index (χ1v) is 14.1. The van der Waals surface area contributed by atoms with Crippen molar-refractivity contribution in [3.63, 3.8) is 0 Å². The van der Waals surface area contributed by atoms with E-state index in [1.165, 1.54) is 18.2 Å². The van der Waals surface area contributed by atoms with Crippen molar-refractivity contribution in [3.05, 3.63) is 24.3 Å². The van der Waals surface area contributed by atoms with Crippen molar-refractivity contribution in [1.82, 2.24) is 3.12 Å². The Balaban J connectivity index is 2.70. The second kappa shape index (κ2) is 8.63. The van der Waals surface area contributed by atoms with E-state index >= 15 is 0 Å². The zero-order valence-corrected chi connectivity index (χ0v) is 18.9. The van der Waals surface area contributed by atoms with E-state index in [-0.39, 0.29) is 16.7 Å². The lowest BCUT2D eigenvalue weighted by Crippen LogP contribution is -2.49. The van der Waals surface area contributed by atoms with Gasteiger partial charge in [0.15, 0.2) is 0 Å². The molecule has 1 aromatic rings. The molecule has 1 aliphatic rings. The van der Waals surface area contributed by atoms with Crippen LogP contribution >= 0.6 is 10.2 Å². The number of benzene rings is 1. The summed E-state index contributed by atoms with van der Waals surface area (Å²) >= 11 is 0. The summed E-state index contributed by atoms with van der Waals surface area (Å²) in [6, 6.07) is 4.98. The van der Waals surface area contributed by atoms with Crippen molar-refractivity contribution in [2.75, 3.05) is 12.5 Å². The number of hydrogen-bond donors (Lipinski definition) is 0. The molecule has 180 valence electrons. The average molecular weight is 518 g/mol. The summed E-state index contributed by atoms with van der Waals surface area (Å²) in [6.45, 7) is 0. The van der Waals surface area contributed by atoms with Gasteiger partial charge in [-0.3, -0.25) is 0 Å². The van der Waals surface area contributed by atoms with E-state index in [1.54, 1.807) is 0 Å². The lowest BCUT2D eigenvalue weighted by Gasteiger charge is -2.42. The third-order valence-corrected chi connectivity index (χ3v) is 13.3. The van der Waals surface area contributed by atoms with Gasteiger partial charge < -0.3 is 4.74 Å². The Morgan fingerprint density at radius 3 is 1.74 bits per heavy atom. The van der Waals surface area contributed by atoms with Crippen LogP contribution in [0.15, 0.2) is 29.2 Å². The molecule has 15 heteroatoms. The molecule has 2 rings (SSSR count). The van der Waals surface area contributed by atoms with Crippen LogP contribution in [0.4, 0.5) is 26.3 Å². The quantitative estimate of drug-likeness (QED) is 0.510. The van der Waals surface area contributed by atoms with Gasteiger partial charge in [0.1, 0.15) is 5.75 Å². The maximum Gasteiger partial charge on any atom is 0.513 e. The fourth-order valence-electron chi connectivity index (χ4n) is 3.19. The van der Waals surface area contributed by atoms with Crippen LogP contribution in [-0.2, 0) is 20.0 Å². The first kappa shape index (κ1) is 26.1. The molecule has 0 aliphatic heterocycles. The number of ether oxygens (including phenoxy) is 1. The predicted octanol–water partition coefficient (Wildman–Crippen LogP) is 4.74. The van der Waals surface area contributed by atoms with E-state index in [1.807, 2.05) is 0 Å². The van der Waals surface area contributed by atoms with Gasteiger partial charge in [-0.15, -0.1) is 10.2 Å². The SMILES string of the molecule is CS(C)(c1ccccc1OC1CCCCC1)N(S(=O)(=O)C(F)(F)F)S(=O)(=O)C(F)(F)F. The zero-order valence-electron chi connectivity index (χ0n) is 16.4.